The molecule has 100 valence electrons. The zero-order valence-corrected chi connectivity index (χ0v) is 11.8. The normalized spacial score (nSPS) is 29.7. The lowest BCUT2D eigenvalue weighted by Crippen LogP contribution is -2.53. The predicted molar refractivity (Wildman–Crippen MR) is 70.7 cm³/mol. The summed E-state index contributed by atoms with van der Waals surface area (Å²) in [6, 6.07) is 0.00460. The van der Waals surface area contributed by atoms with E-state index in [0.717, 1.165) is 19.3 Å². The number of nitrogens with zero attached hydrogens (tertiary/aromatic N) is 1. The Bertz CT molecular complexity index is 288. The molecule has 0 aromatic rings. The van der Waals surface area contributed by atoms with Gasteiger partial charge in [0.2, 0.25) is 5.91 Å². The maximum atomic E-state index is 12.2. The second-order valence-electron chi connectivity index (χ2n) is 6.31. The van der Waals surface area contributed by atoms with Crippen LogP contribution in [-0.2, 0) is 4.79 Å². The van der Waals surface area contributed by atoms with Gasteiger partial charge in [-0.1, -0.05) is 6.42 Å². The van der Waals surface area contributed by atoms with Crippen LogP contribution in [0.3, 0.4) is 0 Å². The number of likely N-dealkylation sites (N-methyl/N-ethyl adjacent to an activating group) is 1. The highest BCUT2D eigenvalue weighted by Gasteiger charge is 2.43. The Morgan fingerprint density at radius 2 is 2.12 bits per heavy atom. The molecule has 17 heavy (non-hydrogen) atoms. The minimum absolute atomic E-state index is 0.00460. The summed E-state index contributed by atoms with van der Waals surface area (Å²) in [5.41, 5.74) is 5.64. The van der Waals surface area contributed by atoms with E-state index < -0.39 is 0 Å². The van der Waals surface area contributed by atoms with Crippen molar-refractivity contribution in [2.24, 2.45) is 11.1 Å². The zero-order valence-electron chi connectivity index (χ0n) is 11.8. The van der Waals surface area contributed by atoms with E-state index in [1.807, 2.05) is 21.0 Å². The Hall–Kier alpha value is -0.610. The molecule has 0 aliphatic heterocycles. The van der Waals surface area contributed by atoms with E-state index in [0.29, 0.717) is 6.54 Å². The Balaban J connectivity index is 2.56. The van der Waals surface area contributed by atoms with Gasteiger partial charge in [-0.3, -0.25) is 4.79 Å². The van der Waals surface area contributed by atoms with Crippen LogP contribution in [0.2, 0.25) is 0 Å². The van der Waals surface area contributed by atoms with Gasteiger partial charge in [0, 0.05) is 18.1 Å². The minimum Gasteiger partial charge on any atom is -0.354 e. The van der Waals surface area contributed by atoms with Crippen molar-refractivity contribution in [1.82, 2.24) is 10.2 Å². The fourth-order valence-electron chi connectivity index (χ4n) is 2.13. The molecule has 2 atom stereocenters. The van der Waals surface area contributed by atoms with E-state index in [2.05, 4.69) is 24.1 Å². The highest BCUT2D eigenvalue weighted by molar-refractivity contribution is 5.83. The largest absolute Gasteiger partial charge is 0.354 e. The summed E-state index contributed by atoms with van der Waals surface area (Å²) in [6.45, 7) is 6.87. The molecule has 0 saturated heterocycles. The number of carbonyl (C=O) groups excluding carboxylic acids is 1. The van der Waals surface area contributed by atoms with Gasteiger partial charge >= 0.3 is 0 Å². The zero-order chi connectivity index (χ0) is 13.3. The fourth-order valence-corrected chi connectivity index (χ4v) is 2.13. The van der Waals surface area contributed by atoms with Gasteiger partial charge < -0.3 is 16.0 Å². The van der Waals surface area contributed by atoms with Gasteiger partial charge in [0.1, 0.15) is 0 Å². The van der Waals surface area contributed by atoms with Crippen molar-refractivity contribution in [3.8, 4) is 0 Å². The summed E-state index contributed by atoms with van der Waals surface area (Å²) in [5.74, 6) is 0.109. The number of nitrogens with one attached hydrogen (secondary N) is 1. The van der Waals surface area contributed by atoms with Crippen LogP contribution < -0.4 is 11.1 Å². The molecule has 1 aliphatic carbocycles. The quantitative estimate of drug-likeness (QED) is 0.771. The smallest absolute Gasteiger partial charge is 0.227 e. The fraction of sp³-hybridized carbons (Fsp3) is 0.923. The third-order valence-electron chi connectivity index (χ3n) is 4.44. The van der Waals surface area contributed by atoms with Crippen LogP contribution >= 0.6 is 0 Å². The first-order valence-corrected chi connectivity index (χ1v) is 6.41. The second-order valence-corrected chi connectivity index (χ2v) is 6.31. The standard InChI is InChI=1S/C13H27N3O/c1-12(2,16(4)5)9-15-11(17)13(3)8-6-7-10(13)14/h10H,6-9,14H2,1-5H3,(H,15,17). The molecule has 0 heterocycles. The summed E-state index contributed by atoms with van der Waals surface area (Å²) in [5, 5.41) is 3.06. The first kappa shape index (κ1) is 14.5. The molecule has 1 rings (SSSR count). The Morgan fingerprint density at radius 1 is 1.53 bits per heavy atom. The molecular weight excluding hydrogens is 214 g/mol. The predicted octanol–water partition coefficient (Wildman–Crippen LogP) is 0.960. The van der Waals surface area contributed by atoms with E-state index in [1.54, 1.807) is 0 Å². The van der Waals surface area contributed by atoms with Crippen LogP contribution in [0.25, 0.3) is 0 Å². The number of hydrogen-bond donors (Lipinski definition) is 2. The summed E-state index contributed by atoms with van der Waals surface area (Å²) < 4.78 is 0. The molecular formula is C13H27N3O. The van der Waals surface area contributed by atoms with Crippen molar-refractivity contribution < 1.29 is 4.79 Å². The monoisotopic (exact) mass is 241 g/mol. The number of rotatable bonds is 4. The van der Waals surface area contributed by atoms with Crippen molar-refractivity contribution in [2.75, 3.05) is 20.6 Å². The van der Waals surface area contributed by atoms with Crippen molar-refractivity contribution in [3.05, 3.63) is 0 Å². The molecule has 0 bridgehead atoms. The molecule has 1 saturated carbocycles. The highest BCUT2D eigenvalue weighted by Crippen LogP contribution is 2.36. The maximum absolute atomic E-state index is 12.2. The van der Waals surface area contributed by atoms with Crippen LogP contribution in [0.1, 0.15) is 40.0 Å². The number of hydrogen-bond acceptors (Lipinski definition) is 3. The van der Waals surface area contributed by atoms with Gasteiger partial charge in [-0.25, -0.2) is 0 Å². The molecule has 1 fully saturated rings. The lowest BCUT2D eigenvalue weighted by atomic mass is 9.84. The van der Waals surface area contributed by atoms with E-state index in [1.165, 1.54) is 0 Å². The van der Waals surface area contributed by atoms with Gasteiger partial charge in [0.15, 0.2) is 0 Å². The molecule has 1 amide bonds. The number of amides is 1. The van der Waals surface area contributed by atoms with Gasteiger partial charge in [-0.05, 0) is 47.7 Å². The van der Waals surface area contributed by atoms with Crippen molar-refractivity contribution >= 4 is 5.91 Å². The van der Waals surface area contributed by atoms with Crippen molar-refractivity contribution in [3.63, 3.8) is 0 Å². The topological polar surface area (TPSA) is 58.4 Å². The maximum Gasteiger partial charge on any atom is 0.227 e. The lowest BCUT2D eigenvalue weighted by molar-refractivity contribution is -0.131. The number of nitrogens with two attached hydrogens (primary N) is 1. The van der Waals surface area contributed by atoms with Crippen LogP contribution in [-0.4, -0.2) is 43.0 Å². The SMILES string of the molecule is CN(C)C(C)(C)CNC(=O)C1(C)CCCC1N. The van der Waals surface area contributed by atoms with Crippen molar-refractivity contribution in [2.45, 2.75) is 51.6 Å². The molecule has 1 aliphatic rings. The van der Waals surface area contributed by atoms with Crippen LogP contribution in [0.15, 0.2) is 0 Å². The average Bonchev–Trinajstić information content (AvgIpc) is 2.57. The Labute approximate surface area is 105 Å². The Morgan fingerprint density at radius 3 is 2.53 bits per heavy atom. The summed E-state index contributed by atoms with van der Waals surface area (Å²) in [4.78, 5) is 14.4. The third kappa shape index (κ3) is 2.99. The molecule has 3 N–H and O–H groups in total. The Kier molecular flexibility index (Phi) is 4.20. The van der Waals surface area contributed by atoms with E-state index in [4.69, 9.17) is 5.73 Å². The van der Waals surface area contributed by atoms with Crippen LogP contribution in [0.4, 0.5) is 0 Å². The number of carbonyl (C=O) groups is 1. The summed E-state index contributed by atoms with van der Waals surface area (Å²) in [7, 11) is 4.05. The molecule has 4 nitrogen and oxygen atoms in total. The van der Waals surface area contributed by atoms with Crippen LogP contribution in [0, 0.1) is 5.41 Å². The molecule has 2 unspecified atom stereocenters. The molecule has 4 heteroatoms. The van der Waals surface area contributed by atoms with Gasteiger partial charge in [-0.15, -0.1) is 0 Å². The lowest BCUT2D eigenvalue weighted by Gasteiger charge is -2.35. The molecule has 0 radical (unpaired) electrons. The van der Waals surface area contributed by atoms with E-state index in [-0.39, 0.29) is 22.9 Å². The highest BCUT2D eigenvalue weighted by atomic mass is 16.2. The molecule has 0 aromatic heterocycles. The second kappa shape index (κ2) is 4.94. The molecule has 0 aromatic carbocycles. The average molecular weight is 241 g/mol. The first-order chi connectivity index (χ1) is 7.70. The van der Waals surface area contributed by atoms with E-state index in [9.17, 15) is 4.79 Å². The summed E-state index contributed by atoms with van der Waals surface area (Å²) >= 11 is 0. The summed E-state index contributed by atoms with van der Waals surface area (Å²) in [6.07, 6.45) is 2.92. The molecule has 0 spiro atoms. The van der Waals surface area contributed by atoms with Crippen molar-refractivity contribution in [1.29, 1.82) is 0 Å². The van der Waals surface area contributed by atoms with Gasteiger partial charge in [0.05, 0.1) is 5.41 Å². The van der Waals surface area contributed by atoms with E-state index >= 15 is 0 Å². The first-order valence-electron chi connectivity index (χ1n) is 6.41. The van der Waals surface area contributed by atoms with Crippen LogP contribution in [0.5, 0.6) is 0 Å². The minimum atomic E-state index is -0.373. The third-order valence-corrected chi connectivity index (χ3v) is 4.44. The van der Waals surface area contributed by atoms with Gasteiger partial charge in [-0.2, -0.15) is 0 Å². The van der Waals surface area contributed by atoms with Gasteiger partial charge in [0.25, 0.3) is 0 Å².